The van der Waals surface area contributed by atoms with Crippen molar-refractivity contribution in [1.29, 1.82) is 0 Å². The van der Waals surface area contributed by atoms with Crippen LogP contribution < -0.4 is 15.8 Å². The Morgan fingerprint density at radius 3 is 2.24 bits per heavy atom. The van der Waals surface area contributed by atoms with Crippen LogP contribution in [0.4, 0.5) is 0 Å². The van der Waals surface area contributed by atoms with E-state index in [1.807, 2.05) is 19.9 Å². The van der Waals surface area contributed by atoms with Crippen LogP contribution in [-0.4, -0.2) is 66.6 Å². The first-order chi connectivity index (χ1) is 21.8. The number of halogens is 1. The summed E-state index contributed by atoms with van der Waals surface area (Å²) in [6.45, 7) is 5.04. The fourth-order valence-corrected chi connectivity index (χ4v) is 4.39. The molecule has 2 aromatic carbocycles. The summed E-state index contributed by atoms with van der Waals surface area (Å²) in [5, 5.41) is 12.0. The fraction of sp³-hybridized carbons (Fsp3) is 0.382. The van der Waals surface area contributed by atoms with E-state index in [1.54, 1.807) is 48.5 Å². The first-order valence-electron chi connectivity index (χ1n) is 14.7. The Bertz CT molecular complexity index is 1410. The minimum Gasteiger partial charge on any atom is -0.495 e. The second-order valence-corrected chi connectivity index (χ2v) is 11.4. The molecule has 0 bridgehead atoms. The topological polar surface area (TPSA) is 171 Å². The van der Waals surface area contributed by atoms with Crippen molar-refractivity contribution in [3.8, 4) is 5.75 Å². The van der Waals surface area contributed by atoms with Crippen LogP contribution >= 0.6 is 11.6 Å². The van der Waals surface area contributed by atoms with Crippen molar-refractivity contribution in [3.63, 3.8) is 0 Å². The molecule has 2 rings (SSSR count). The zero-order chi connectivity index (χ0) is 34.2. The maximum atomic E-state index is 13.2. The van der Waals surface area contributed by atoms with Gasteiger partial charge in [-0.25, -0.2) is 9.59 Å². The number of carbonyl (C=O) groups excluding carboxylic acids is 4. The van der Waals surface area contributed by atoms with Gasteiger partial charge in [-0.1, -0.05) is 80.9 Å². The van der Waals surface area contributed by atoms with Crippen LogP contribution in [0.1, 0.15) is 44.7 Å². The lowest BCUT2D eigenvalue weighted by atomic mass is 10.0. The average Bonchev–Trinajstić information content (AvgIpc) is 3.01. The van der Waals surface area contributed by atoms with Crippen molar-refractivity contribution in [1.82, 2.24) is 5.32 Å². The SMILES string of the molecule is COc1ccc(C[C@@H](N)C(=O)NC[C@@H](C)C(=O)O[C@@H](CC(C)C)C(=O)O[C@@H](C/C=C/C(=O)O)C(=O)/C=C/c2ccccc2)cc1Cl. The molecule has 0 aliphatic heterocycles. The van der Waals surface area contributed by atoms with Crippen LogP contribution in [0.25, 0.3) is 6.08 Å². The number of carboxylic acid groups (broad SMARTS) is 1. The number of esters is 2. The van der Waals surface area contributed by atoms with E-state index in [0.717, 1.165) is 17.2 Å². The fourth-order valence-electron chi connectivity index (χ4n) is 4.11. The number of ether oxygens (including phenoxy) is 3. The molecule has 0 radical (unpaired) electrons. The van der Waals surface area contributed by atoms with Gasteiger partial charge >= 0.3 is 17.9 Å². The molecule has 0 aromatic heterocycles. The molecule has 0 fully saturated rings. The molecule has 0 aliphatic carbocycles. The van der Waals surface area contributed by atoms with Crippen molar-refractivity contribution >= 4 is 47.3 Å². The summed E-state index contributed by atoms with van der Waals surface area (Å²) in [6.07, 6.45) is 2.23. The van der Waals surface area contributed by atoms with E-state index in [2.05, 4.69) is 5.32 Å². The van der Waals surface area contributed by atoms with Gasteiger partial charge in [0.15, 0.2) is 18.0 Å². The summed E-state index contributed by atoms with van der Waals surface area (Å²) >= 11 is 6.14. The van der Waals surface area contributed by atoms with Gasteiger partial charge in [-0.05, 0) is 48.1 Å². The van der Waals surface area contributed by atoms with Crippen LogP contribution in [0, 0.1) is 11.8 Å². The molecule has 0 spiro atoms. The van der Waals surface area contributed by atoms with Crippen LogP contribution in [0.3, 0.4) is 0 Å². The van der Waals surface area contributed by atoms with E-state index < -0.39 is 53.8 Å². The van der Waals surface area contributed by atoms with E-state index in [9.17, 15) is 24.0 Å². The van der Waals surface area contributed by atoms with E-state index in [-0.39, 0.29) is 31.7 Å². The highest BCUT2D eigenvalue weighted by Crippen LogP contribution is 2.25. The summed E-state index contributed by atoms with van der Waals surface area (Å²) in [5.74, 6) is -4.47. The third-order valence-electron chi connectivity index (χ3n) is 6.63. The Kier molecular flexibility index (Phi) is 15.7. The molecule has 12 heteroatoms. The molecule has 4 atom stereocenters. The van der Waals surface area contributed by atoms with Crippen LogP contribution in [0.15, 0.2) is 66.8 Å². The number of carbonyl (C=O) groups is 5. The lowest BCUT2D eigenvalue weighted by molar-refractivity contribution is -0.175. The van der Waals surface area contributed by atoms with Crippen molar-refractivity contribution in [2.24, 2.45) is 17.6 Å². The number of benzene rings is 2. The Morgan fingerprint density at radius 1 is 0.957 bits per heavy atom. The quantitative estimate of drug-likeness (QED) is 0.156. The van der Waals surface area contributed by atoms with Gasteiger partial charge in [0.2, 0.25) is 5.91 Å². The monoisotopic (exact) mass is 656 g/mol. The number of rotatable bonds is 18. The first kappa shape index (κ1) is 37.7. The molecule has 11 nitrogen and oxygen atoms in total. The Labute approximate surface area is 273 Å². The number of amides is 1. The third kappa shape index (κ3) is 13.3. The van der Waals surface area contributed by atoms with Gasteiger partial charge in [0.25, 0.3) is 0 Å². The van der Waals surface area contributed by atoms with Crippen LogP contribution in [0.2, 0.25) is 5.02 Å². The maximum Gasteiger partial charge on any atom is 0.348 e. The Morgan fingerprint density at radius 2 is 1.63 bits per heavy atom. The highest BCUT2D eigenvalue weighted by Gasteiger charge is 2.31. The average molecular weight is 657 g/mol. The minimum absolute atomic E-state index is 0.0937. The molecular formula is C34H41ClN2O9. The normalized spacial score (nSPS) is 14.0. The summed E-state index contributed by atoms with van der Waals surface area (Å²) in [4.78, 5) is 62.7. The highest BCUT2D eigenvalue weighted by atomic mass is 35.5. The molecule has 0 aliphatic rings. The molecular weight excluding hydrogens is 616 g/mol. The smallest absolute Gasteiger partial charge is 0.348 e. The number of nitrogens with one attached hydrogen (secondary N) is 1. The lowest BCUT2D eigenvalue weighted by Crippen LogP contribution is -2.45. The number of methoxy groups -OCH3 is 1. The molecule has 46 heavy (non-hydrogen) atoms. The van der Waals surface area contributed by atoms with E-state index in [1.165, 1.54) is 26.2 Å². The van der Waals surface area contributed by atoms with Crippen molar-refractivity contribution in [2.45, 2.75) is 58.3 Å². The van der Waals surface area contributed by atoms with Crippen molar-refractivity contribution < 1.29 is 43.3 Å². The van der Waals surface area contributed by atoms with Gasteiger partial charge in [-0.3, -0.25) is 14.4 Å². The molecule has 1 amide bonds. The second-order valence-electron chi connectivity index (χ2n) is 11.0. The van der Waals surface area contributed by atoms with Gasteiger partial charge in [0.05, 0.1) is 24.1 Å². The molecule has 0 saturated heterocycles. The van der Waals surface area contributed by atoms with Crippen molar-refractivity contribution in [2.75, 3.05) is 13.7 Å². The number of carboxylic acids is 1. The molecule has 0 unspecified atom stereocenters. The largest absolute Gasteiger partial charge is 0.495 e. The summed E-state index contributed by atoms with van der Waals surface area (Å²) < 4.78 is 16.1. The summed E-state index contributed by atoms with van der Waals surface area (Å²) in [7, 11) is 1.49. The molecule has 2 aromatic rings. The predicted molar refractivity (Wildman–Crippen MR) is 173 cm³/mol. The number of nitrogens with two attached hydrogens (primary N) is 1. The first-order valence-corrected chi connectivity index (χ1v) is 15.1. The summed E-state index contributed by atoms with van der Waals surface area (Å²) in [5.41, 5.74) is 7.51. The zero-order valence-corrected chi connectivity index (χ0v) is 27.1. The third-order valence-corrected chi connectivity index (χ3v) is 6.92. The second kappa shape index (κ2) is 19.1. The van der Waals surface area contributed by atoms with Gasteiger partial charge in [-0.15, -0.1) is 0 Å². The minimum atomic E-state index is -1.35. The molecule has 0 heterocycles. The predicted octanol–water partition coefficient (Wildman–Crippen LogP) is 4.15. The number of aliphatic carboxylic acids is 1. The Balaban J connectivity index is 2.04. The molecule has 4 N–H and O–H groups in total. The molecule has 248 valence electrons. The number of hydrogen-bond donors (Lipinski definition) is 3. The molecule has 0 saturated carbocycles. The van der Waals surface area contributed by atoms with Crippen LogP contribution in [-0.2, 0) is 39.9 Å². The van der Waals surface area contributed by atoms with Crippen LogP contribution in [0.5, 0.6) is 5.75 Å². The van der Waals surface area contributed by atoms with Gasteiger partial charge in [0.1, 0.15) is 5.75 Å². The number of ketones is 1. The van der Waals surface area contributed by atoms with Gasteiger partial charge in [0, 0.05) is 19.0 Å². The highest BCUT2D eigenvalue weighted by molar-refractivity contribution is 6.32. The summed E-state index contributed by atoms with van der Waals surface area (Å²) in [6, 6.07) is 13.1. The van der Waals surface area contributed by atoms with E-state index in [4.69, 9.17) is 36.7 Å². The van der Waals surface area contributed by atoms with Crippen molar-refractivity contribution in [3.05, 3.63) is 82.9 Å². The van der Waals surface area contributed by atoms with E-state index in [0.29, 0.717) is 10.8 Å². The van der Waals surface area contributed by atoms with Gasteiger partial charge in [-0.2, -0.15) is 0 Å². The number of hydrogen-bond acceptors (Lipinski definition) is 9. The van der Waals surface area contributed by atoms with E-state index >= 15 is 0 Å². The lowest BCUT2D eigenvalue weighted by Gasteiger charge is -2.23. The Hall–Kier alpha value is -4.48. The zero-order valence-electron chi connectivity index (χ0n) is 26.3. The van der Waals surface area contributed by atoms with Gasteiger partial charge < -0.3 is 30.4 Å². The standard InChI is InChI=1S/C34H41ClN2O9/c1-21(2)17-30(34(43)45-29(11-8-12-31(39)40)27(38)15-13-23-9-6-5-7-10-23)46-33(42)22(3)20-37-32(41)26(36)19-24-14-16-28(44-4)25(35)18-24/h5-10,12-16,18,21-22,26,29-30H,11,17,19-20,36H2,1-4H3,(H,37,41)(H,39,40)/b12-8+,15-13+/t22-,26-,29+,30+/m1/s1. The maximum absolute atomic E-state index is 13.2.